The van der Waals surface area contributed by atoms with Gasteiger partial charge in [-0.3, -0.25) is 0 Å². The number of hydrogen-bond donors (Lipinski definition) is 4. The summed E-state index contributed by atoms with van der Waals surface area (Å²) in [5.41, 5.74) is 7.93. The first-order valence-electron chi connectivity index (χ1n) is 15.8. The first-order chi connectivity index (χ1) is 21.0. The normalized spacial score (nSPS) is 13.9. The van der Waals surface area contributed by atoms with Crippen molar-refractivity contribution in [2.45, 2.75) is 65.7 Å². The number of aryl methyl sites for hydroxylation is 2. The molecule has 0 bridgehead atoms. The maximum Gasteiger partial charge on any atom is 0.488 e. The zero-order chi connectivity index (χ0) is 31.6. The van der Waals surface area contributed by atoms with Crippen LogP contribution in [0, 0.1) is 25.7 Å². The molecule has 4 N–H and O–H groups in total. The highest BCUT2D eigenvalue weighted by Gasteiger charge is 2.47. The summed E-state index contributed by atoms with van der Waals surface area (Å²) < 4.78 is 6.21. The second kappa shape index (κ2) is 13.3. The molecule has 5 nitrogen and oxygen atoms in total. The first-order valence-corrected chi connectivity index (χ1v) is 15.8. The van der Waals surface area contributed by atoms with Gasteiger partial charge in [0.05, 0.1) is 12.0 Å². The molecule has 0 saturated heterocycles. The van der Waals surface area contributed by atoms with E-state index >= 15 is 0 Å². The number of hydrogen-bond acceptors (Lipinski definition) is 5. The van der Waals surface area contributed by atoms with Gasteiger partial charge in [-0.1, -0.05) is 112 Å². The Morgan fingerprint density at radius 2 is 1.25 bits per heavy atom. The summed E-state index contributed by atoms with van der Waals surface area (Å²) in [7, 11) is -3.25. The third kappa shape index (κ3) is 6.25. The van der Waals surface area contributed by atoms with Crippen molar-refractivity contribution < 1.29 is 24.8 Å². The third-order valence-electron chi connectivity index (χ3n) is 9.22. The highest BCUT2D eigenvalue weighted by molar-refractivity contribution is 6.59. The van der Waals surface area contributed by atoms with E-state index in [2.05, 4.69) is 65.0 Å². The highest BCUT2D eigenvalue weighted by Crippen LogP contribution is 2.56. The van der Waals surface area contributed by atoms with Crippen molar-refractivity contribution in [3.05, 3.63) is 112 Å². The van der Waals surface area contributed by atoms with Gasteiger partial charge in [-0.05, 0) is 94.1 Å². The smallest absolute Gasteiger partial charge is 0.488 e. The van der Waals surface area contributed by atoms with Crippen LogP contribution in [0.5, 0.6) is 5.75 Å². The number of benzene rings is 4. The van der Waals surface area contributed by atoms with Gasteiger partial charge < -0.3 is 24.8 Å². The van der Waals surface area contributed by atoms with Gasteiger partial charge in [0.15, 0.2) is 0 Å². The van der Waals surface area contributed by atoms with Crippen molar-refractivity contribution in [1.82, 2.24) is 0 Å². The Morgan fingerprint density at radius 1 is 0.659 bits per heavy atom. The molecule has 0 fully saturated rings. The van der Waals surface area contributed by atoms with Gasteiger partial charge in [0.25, 0.3) is 0 Å². The van der Waals surface area contributed by atoms with Crippen molar-refractivity contribution in [3.63, 3.8) is 0 Å². The van der Waals surface area contributed by atoms with E-state index in [-0.39, 0.29) is 0 Å². The molecule has 1 aliphatic carbocycles. The zero-order valence-corrected chi connectivity index (χ0v) is 26.5. The Labute approximate surface area is 262 Å². The molecule has 0 spiro atoms. The number of rotatable bonds is 12. The second-order valence-corrected chi connectivity index (χ2v) is 13.0. The Bertz CT molecular complexity index is 1540. The zero-order valence-electron chi connectivity index (χ0n) is 26.5. The van der Waals surface area contributed by atoms with Gasteiger partial charge in [-0.25, -0.2) is 0 Å². The van der Waals surface area contributed by atoms with E-state index in [4.69, 9.17) is 4.74 Å². The molecule has 4 aromatic rings. The van der Waals surface area contributed by atoms with E-state index in [9.17, 15) is 20.1 Å². The van der Waals surface area contributed by atoms with Gasteiger partial charge >= 0.3 is 14.2 Å². The van der Waals surface area contributed by atoms with Crippen LogP contribution in [0.4, 0.5) is 0 Å². The van der Waals surface area contributed by atoms with Crippen LogP contribution < -0.4 is 15.7 Å². The number of ether oxygens (including phenoxy) is 1. The van der Waals surface area contributed by atoms with E-state index in [1.807, 2.05) is 36.4 Å². The molecule has 0 amide bonds. The maximum absolute atomic E-state index is 10.2. The van der Waals surface area contributed by atoms with Crippen molar-refractivity contribution in [2.24, 2.45) is 11.8 Å². The summed E-state index contributed by atoms with van der Waals surface area (Å²) in [6.07, 6.45) is 4.73. The molecule has 0 radical (unpaired) electrons. The summed E-state index contributed by atoms with van der Waals surface area (Å²) in [6.45, 7) is 11.7. The average molecular weight is 590 g/mol. The van der Waals surface area contributed by atoms with Crippen LogP contribution >= 0.6 is 0 Å². The third-order valence-corrected chi connectivity index (χ3v) is 9.22. The second-order valence-electron chi connectivity index (χ2n) is 13.0. The van der Waals surface area contributed by atoms with Crippen LogP contribution in [-0.4, -0.2) is 40.9 Å². The van der Waals surface area contributed by atoms with E-state index in [0.717, 1.165) is 62.6 Å². The maximum atomic E-state index is 10.2. The van der Waals surface area contributed by atoms with Crippen LogP contribution in [0.15, 0.2) is 78.9 Å². The van der Waals surface area contributed by atoms with Gasteiger partial charge in [0, 0.05) is 0 Å². The SMILES string of the molecule is Cc1ccc(C)c(C2(c3ccc(OCCC(C)CCCC(C)C)cc3)c3cc(B(O)O)ccc3-c3ccc(B(O)O)cc32)c1. The molecule has 44 heavy (non-hydrogen) atoms. The van der Waals surface area contributed by atoms with Crippen LogP contribution in [0.25, 0.3) is 11.1 Å². The Kier molecular flexibility index (Phi) is 9.71. The van der Waals surface area contributed by atoms with Crippen molar-refractivity contribution >= 4 is 25.2 Å². The van der Waals surface area contributed by atoms with Gasteiger partial charge in [0.1, 0.15) is 5.75 Å². The summed E-state index contributed by atoms with van der Waals surface area (Å²) in [4.78, 5) is 0. The summed E-state index contributed by atoms with van der Waals surface area (Å²) >= 11 is 0. The lowest BCUT2D eigenvalue weighted by atomic mass is 9.64. The van der Waals surface area contributed by atoms with Gasteiger partial charge in [-0.2, -0.15) is 0 Å². The molecule has 0 heterocycles. The minimum atomic E-state index is -1.63. The van der Waals surface area contributed by atoms with Crippen molar-refractivity contribution in [3.8, 4) is 16.9 Å². The topological polar surface area (TPSA) is 90.2 Å². The molecule has 4 aromatic carbocycles. The minimum Gasteiger partial charge on any atom is -0.494 e. The Balaban J connectivity index is 1.61. The lowest BCUT2D eigenvalue weighted by Gasteiger charge is -2.36. The summed E-state index contributed by atoms with van der Waals surface area (Å²) in [5, 5.41) is 40.8. The molecule has 228 valence electrons. The first kappa shape index (κ1) is 32.1. The summed E-state index contributed by atoms with van der Waals surface area (Å²) in [6, 6.07) is 25.7. The van der Waals surface area contributed by atoms with E-state index in [1.54, 1.807) is 12.1 Å². The highest BCUT2D eigenvalue weighted by atomic mass is 16.5. The molecule has 7 heteroatoms. The van der Waals surface area contributed by atoms with Gasteiger partial charge in [0.2, 0.25) is 0 Å². The van der Waals surface area contributed by atoms with E-state index in [0.29, 0.717) is 23.5 Å². The van der Waals surface area contributed by atoms with Crippen molar-refractivity contribution in [2.75, 3.05) is 6.61 Å². The fourth-order valence-electron chi connectivity index (χ4n) is 6.77. The number of fused-ring (bicyclic) bond motifs is 3. The molecule has 0 aromatic heterocycles. The molecular formula is C37H44B2O5. The standard InChI is InChI=1S/C37H44B2O5/c1-24(2)7-6-8-25(3)19-20-44-31-15-11-28(12-16-31)37(34-21-26(4)9-10-27(34)5)35-22-29(38(40)41)13-17-32(35)33-18-14-30(39(42)43)23-36(33)37/h9-18,21-25,40-43H,6-8,19-20H2,1-5H3. The summed E-state index contributed by atoms with van der Waals surface area (Å²) in [5.74, 6) is 2.15. The Hall–Kier alpha value is -3.35. The monoisotopic (exact) mass is 590 g/mol. The van der Waals surface area contributed by atoms with Crippen LogP contribution in [0.3, 0.4) is 0 Å². The fourth-order valence-corrected chi connectivity index (χ4v) is 6.77. The van der Waals surface area contributed by atoms with Crippen LogP contribution in [-0.2, 0) is 5.41 Å². The van der Waals surface area contributed by atoms with Crippen LogP contribution in [0.2, 0.25) is 0 Å². The molecular weight excluding hydrogens is 546 g/mol. The molecule has 1 aliphatic rings. The lowest BCUT2D eigenvalue weighted by molar-refractivity contribution is 0.275. The molecule has 1 unspecified atom stereocenters. The predicted molar refractivity (Wildman–Crippen MR) is 181 cm³/mol. The average Bonchev–Trinajstić information content (AvgIpc) is 3.28. The Morgan fingerprint density at radius 3 is 1.80 bits per heavy atom. The fraction of sp³-hybridized carbons (Fsp3) is 0.351. The van der Waals surface area contributed by atoms with Crippen LogP contribution in [0.1, 0.15) is 79.8 Å². The minimum absolute atomic E-state index is 0.399. The van der Waals surface area contributed by atoms with Gasteiger partial charge in [-0.15, -0.1) is 0 Å². The van der Waals surface area contributed by atoms with E-state index in [1.165, 1.54) is 19.3 Å². The molecule has 5 rings (SSSR count). The van der Waals surface area contributed by atoms with Crippen molar-refractivity contribution in [1.29, 1.82) is 0 Å². The molecule has 0 saturated carbocycles. The lowest BCUT2D eigenvalue weighted by Crippen LogP contribution is -2.36. The quantitative estimate of drug-likeness (QED) is 0.149. The predicted octanol–water partition coefficient (Wildman–Crippen LogP) is 5.26. The molecule has 0 aliphatic heterocycles. The van der Waals surface area contributed by atoms with E-state index < -0.39 is 19.7 Å². The molecule has 1 atom stereocenters. The largest absolute Gasteiger partial charge is 0.494 e.